The molecule has 3 rings (SSSR count). The minimum absolute atomic E-state index is 0.164. The van der Waals surface area contributed by atoms with Gasteiger partial charge in [0.1, 0.15) is 5.82 Å². The van der Waals surface area contributed by atoms with Crippen LogP contribution in [0.3, 0.4) is 0 Å². The van der Waals surface area contributed by atoms with Gasteiger partial charge in [-0.25, -0.2) is 9.37 Å². The van der Waals surface area contributed by atoms with E-state index in [2.05, 4.69) is 10.3 Å². The molecule has 1 aromatic carbocycles. The second kappa shape index (κ2) is 8.43. The first-order valence-electron chi connectivity index (χ1n) is 8.91. The van der Waals surface area contributed by atoms with Crippen LogP contribution in [0.5, 0.6) is 0 Å². The number of fused-ring (bicyclic) bond motifs is 1. The zero-order chi connectivity index (χ0) is 19.4. The molecule has 0 radical (unpaired) electrons. The predicted molar refractivity (Wildman–Crippen MR) is 105 cm³/mol. The smallest absolute Gasteiger partial charge is 0.250 e. The lowest BCUT2D eigenvalue weighted by Crippen LogP contribution is -2.36. The molecule has 0 fully saturated rings. The highest BCUT2D eigenvalue weighted by molar-refractivity contribution is 7.15. The monoisotopic (exact) mass is 387 g/mol. The highest BCUT2D eigenvalue weighted by Crippen LogP contribution is 2.29. The summed E-state index contributed by atoms with van der Waals surface area (Å²) >= 11 is 1.41. The van der Waals surface area contributed by atoms with Gasteiger partial charge in [-0.2, -0.15) is 0 Å². The standard InChI is InChI=1S/C20H22FN3O2S/c1-13(2)11-19(26)24-10-9-16-17(12-24)27-20(22-16)23-18(25)8-5-14-3-6-15(21)7-4-14/h3-8,13H,9-12H2,1-2H3,(H,22,23,25)/b8-5+. The lowest BCUT2D eigenvalue weighted by atomic mass is 10.1. The summed E-state index contributed by atoms with van der Waals surface area (Å²) in [6, 6.07) is 5.89. The molecule has 1 N–H and O–H groups in total. The molecule has 1 aromatic heterocycles. The number of carbonyl (C=O) groups is 2. The topological polar surface area (TPSA) is 62.3 Å². The van der Waals surface area contributed by atoms with Crippen LogP contribution < -0.4 is 5.32 Å². The number of benzene rings is 1. The molecule has 2 aromatic rings. The summed E-state index contributed by atoms with van der Waals surface area (Å²) in [5, 5.41) is 3.30. The van der Waals surface area contributed by atoms with Crippen molar-refractivity contribution >= 4 is 34.4 Å². The van der Waals surface area contributed by atoms with E-state index in [1.807, 2.05) is 18.7 Å². The van der Waals surface area contributed by atoms with Gasteiger partial charge in [-0.05, 0) is 29.7 Å². The molecule has 1 aliphatic heterocycles. The Morgan fingerprint density at radius 1 is 1.33 bits per heavy atom. The Bertz CT molecular complexity index is 859. The first-order valence-corrected chi connectivity index (χ1v) is 9.73. The molecule has 0 saturated carbocycles. The minimum Gasteiger partial charge on any atom is -0.337 e. The lowest BCUT2D eigenvalue weighted by Gasteiger charge is -2.26. The van der Waals surface area contributed by atoms with Crippen molar-refractivity contribution in [1.29, 1.82) is 0 Å². The van der Waals surface area contributed by atoms with Crippen molar-refractivity contribution in [3.05, 3.63) is 52.3 Å². The van der Waals surface area contributed by atoms with Crippen molar-refractivity contribution in [3.63, 3.8) is 0 Å². The lowest BCUT2D eigenvalue weighted by molar-refractivity contribution is -0.132. The van der Waals surface area contributed by atoms with E-state index >= 15 is 0 Å². The maximum absolute atomic E-state index is 12.9. The maximum Gasteiger partial charge on any atom is 0.250 e. The molecule has 142 valence electrons. The van der Waals surface area contributed by atoms with Crippen molar-refractivity contribution < 1.29 is 14.0 Å². The first kappa shape index (κ1) is 19.2. The fourth-order valence-electron chi connectivity index (χ4n) is 2.83. The Hall–Kier alpha value is -2.54. The normalized spacial score (nSPS) is 13.9. The Kier molecular flexibility index (Phi) is 6.01. The van der Waals surface area contributed by atoms with Crippen molar-refractivity contribution in [2.75, 3.05) is 11.9 Å². The largest absolute Gasteiger partial charge is 0.337 e. The van der Waals surface area contributed by atoms with Crippen LogP contribution in [0.1, 0.15) is 36.4 Å². The molecule has 1 aliphatic rings. The van der Waals surface area contributed by atoms with Gasteiger partial charge in [0, 0.05) is 30.3 Å². The third-order valence-corrected chi connectivity index (χ3v) is 5.19. The summed E-state index contributed by atoms with van der Waals surface area (Å²) in [6.07, 6.45) is 4.27. The number of halogens is 1. The van der Waals surface area contributed by atoms with Crippen LogP contribution in [0.2, 0.25) is 0 Å². The van der Waals surface area contributed by atoms with Gasteiger partial charge < -0.3 is 4.90 Å². The third kappa shape index (κ3) is 5.23. The Balaban J connectivity index is 1.60. The van der Waals surface area contributed by atoms with Crippen molar-refractivity contribution in [2.24, 2.45) is 5.92 Å². The third-order valence-electron chi connectivity index (χ3n) is 4.19. The number of rotatable bonds is 5. The highest BCUT2D eigenvalue weighted by Gasteiger charge is 2.24. The number of hydrogen-bond donors (Lipinski definition) is 1. The molecule has 0 spiro atoms. The van der Waals surface area contributed by atoms with Crippen LogP contribution in [-0.2, 0) is 22.6 Å². The molecule has 2 amide bonds. The number of aromatic nitrogens is 1. The van der Waals surface area contributed by atoms with Crippen LogP contribution in [-0.4, -0.2) is 28.2 Å². The summed E-state index contributed by atoms with van der Waals surface area (Å²) in [7, 11) is 0. The van der Waals surface area contributed by atoms with E-state index in [4.69, 9.17) is 0 Å². The van der Waals surface area contributed by atoms with Crippen LogP contribution in [0.4, 0.5) is 9.52 Å². The highest BCUT2D eigenvalue weighted by atomic mass is 32.1. The van der Waals surface area contributed by atoms with Gasteiger partial charge in [0.15, 0.2) is 5.13 Å². The maximum atomic E-state index is 12.9. The van der Waals surface area contributed by atoms with Crippen LogP contribution >= 0.6 is 11.3 Å². The Morgan fingerprint density at radius 2 is 2.07 bits per heavy atom. The molecule has 2 heterocycles. The zero-order valence-electron chi connectivity index (χ0n) is 15.4. The molecule has 7 heteroatoms. The average molecular weight is 387 g/mol. The molecule has 0 bridgehead atoms. The zero-order valence-corrected chi connectivity index (χ0v) is 16.2. The van der Waals surface area contributed by atoms with Crippen LogP contribution in [0.25, 0.3) is 6.08 Å². The molecule has 0 atom stereocenters. The van der Waals surface area contributed by atoms with E-state index in [-0.39, 0.29) is 17.6 Å². The van der Waals surface area contributed by atoms with Crippen LogP contribution in [0, 0.1) is 11.7 Å². The van der Waals surface area contributed by atoms with Crippen molar-refractivity contribution in [1.82, 2.24) is 9.88 Å². The first-order chi connectivity index (χ1) is 12.9. The molecule has 0 aliphatic carbocycles. The van der Waals surface area contributed by atoms with E-state index in [0.717, 1.165) is 16.1 Å². The van der Waals surface area contributed by atoms with Crippen molar-refractivity contribution in [2.45, 2.75) is 33.2 Å². The molecule has 27 heavy (non-hydrogen) atoms. The number of carbonyl (C=O) groups excluding carboxylic acids is 2. The van der Waals surface area contributed by atoms with Gasteiger partial charge in [0.05, 0.1) is 12.2 Å². The summed E-state index contributed by atoms with van der Waals surface area (Å²) < 4.78 is 12.9. The second-order valence-electron chi connectivity index (χ2n) is 6.93. The number of nitrogens with zero attached hydrogens (tertiary/aromatic N) is 2. The number of hydrogen-bond acceptors (Lipinski definition) is 4. The fraction of sp³-hybridized carbons (Fsp3) is 0.350. The Morgan fingerprint density at radius 3 is 2.78 bits per heavy atom. The van der Waals surface area contributed by atoms with Gasteiger partial charge in [-0.1, -0.05) is 37.3 Å². The predicted octanol–water partition coefficient (Wildman–Crippen LogP) is 3.86. The molecule has 0 unspecified atom stereocenters. The van der Waals surface area contributed by atoms with Gasteiger partial charge >= 0.3 is 0 Å². The number of anilines is 1. The summed E-state index contributed by atoms with van der Waals surface area (Å²) in [5.74, 6) is -0.107. The summed E-state index contributed by atoms with van der Waals surface area (Å²) in [4.78, 5) is 31.7. The fourth-order valence-corrected chi connectivity index (χ4v) is 3.86. The molecule has 5 nitrogen and oxygen atoms in total. The average Bonchev–Trinajstić information content (AvgIpc) is 3.01. The van der Waals surface area contributed by atoms with E-state index in [1.54, 1.807) is 18.2 Å². The van der Waals surface area contributed by atoms with Crippen LogP contribution in [0.15, 0.2) is 30.3 Å². The van der Waals surface area contributed by atoms with E-state index in [1.165, 1.54) is 29.5 Å². The SMILES string of the molecule is CC(C)CC(=O)N1CCc2nc(NC(=O)/C=C/c3ccc(F)cc3)sc2C1. The van der Waals surface area contributed by atoms with Gasteiger partial charge in [0.25, 0.3) is 0 Å². The van der Waals surface area contributed by atoms with E-state index in [9.17, 15) is 14.0 Å². The second-order valence-corrected chi connectivity index (χ2v) is 8.01. The van der Waals surface area contributed by atoms with Gasteiger partial charge in [-0.3, -0.25) is 14.9 Å². The van der Waals surface area contributed by atoms with E-state index < -0.39 is 0 Å². The quantitative estimate of drug-likeness (QED) is 0.793. The number of nitrogens with one attached hydrogen (secondary N) is 1. The molecular weight excluding hydrogens is 365 g/mol. The van der Waals surface area contributed by atoms with E-state index in [0.29, 0.717) is 37.0 Å². The minimum atomic E-state index is -0.314. The number of thiazole rings is 1. The number of amides is 2. The summed E-state index contributed by atoms with van der Waals surface area (Å²) in [6.45, 7) is 5.29. The molecule has 0 saturated heterocycles. The molecular formula is C20H22FN3O2S. The van der Waals surface area contributed by atoms with Gasteiger partial charge in [-0.15, -0.1) is 0 Å². The van der Waals surface area contributed by atoms with Crippen molar-refractivity contribution in [3.8, 4) is 0 Å². The summed E-state index contributed by atoms with van der Waals surface area (Å²) in [5.41, 5.74) is 1.69. The van der Waals surface area contributed by atoms with Gasteiger partial charge in [0.2, 0.25) is 11.8 Å². The Labute approximate surface area is 161 Å².